The minimum absolute atomic E-state index is 0.0226. The Morgan fingerprint density at radius 2 is 1.94 bits per heavy atom. The van der Waals surface area contributed by atoms with Crippen LogP contribution in [0.15, 0.2) is 17.2 Å². The van der Waals surface area contributed by atoms with Crippen LogP contribution >= 0.6 is 23.2 Å². The molecule has 1 heterocycles. The number of aromatic nitrogens is 1. The van der Waals surface area contributed by atoms with Crippen LogP contribution in [0.5, 0.6) is 0 Å². The van der Waals surface area contributed by atoms with E-state index in [4.69, 9.17) is 23.2 Å². The van der Waals surface area contributed by atoms with Gasteiger partial charge < -0.3 is 0 Å². The van der Waals surface area contributed by atoms with Crippen LogP contribution in [-0.4, -0.2) is 19.4 Å². The summed E-state index contributed by atoms with van der Waals surface area (Å²) in [4.78, 5) is 3.79. The van der Waals surface area contributed by atoms with Crippen LogP contribution in [0.2, 0.25) is 10.2 Å². The minimum atomic E-state index is -3.54. The quantitative estimate of drug-likeness (QED) is 0.872. The van der Waals surface area contributed by atoms with E-state index in [9.17, 15) is 8.42 Å². The standard InChI is InChI=1S/C10H12Cl2N2O2S/c11-9-5-8(6-13-10(9)12)17(15,16)14-7-3-1-2-4-7/h5-7,14H,1-4H2. The summed E-state index contributed by atoms with van der Waals surface area (Å²) in [7, 11) is -3.54. The van der Waals surface area contributed by atoms with Gasteiger partial charge in [0, 0.05) is 12.2 Å². The lowest BCUT2D eigenvalue weighted by Crippen LogP contribution is -2.32. The van der Waals surface area contributed by atoms with Crippen LogP contribution < -0.4 is 4.72 Å². The molecule has 2 rings (SSSR count). The zero-order valence-electron chi connectivity index (χ0n) is 8.99. The lowest BCUT2D eigenvalue weighted by atomic mass is 10.3. The summed E-state index contributed by atoms with van der Waals surface area (Å²) >= 11 is 11.4. The van der Waals surface area contributed by atoms with E-state index in [1.54, 1.807) is 0 Å². The summed E-state index contributed by atoms with van der Waals surface area (Å²) in [5, 5.41) is 0.243. The van der Waals surface area contributed by atoms with Gasteiger partial charge in [-0.05, 0) is 18.9 Å². The summed E-state index contributed by atoms with van der Waals surface area (Å²) in [6.45, 7) is 0. The van der Waals surface area contributed by atoms with Gasteiger partial charge in [0.2, 0.25) is 10.0 Å². The third-order valence-corrected chi connectivity index (χ3v) is 4.93. The van der Waals surface area contributed by atoms with E-state index < -0.39 is 10.0 Å². The van der Waals surface area contributed by atoms with Crippen molar-refractivity contribution in [3.05, 3.63) is 22.4 Å². The van der Waals surface area contributed by atoms with Crippen molar-refractivity contribution in [2.45, 2.75) is 36.6 Å². The van der Waals surface area contributed by atoms with Crippen LogP contribution in [0.4, 0.5) is 0 Å². The van der Waals surface area contributed by atoms with Crippen LogP contribution in [0, 0.1) is 0 Å². The number of pyridine rings is 1. The summed E-state index contributed by atoms with van der Waals surface area (Å²) in [5.41, 5.74) is 0. The molecular formula is C10H12Cl2N2O2S. The van der Waals surface area contributed by atoms with Gasteiger partial charge in [-0.2, -0.15) is 0 Å². The van der Waals surface area contributed by atoms with Crippen molar-refractivity contribution in [2.75, 3.05) is 0 Å². The average molecular weight is 295 g/mol. The van der Waals surface area contributed by atoms with E-state index in [1.165, 1.54) is 12.3 Å². The topological polar surface area (TPSA) is 59.1 Å². The first-order valence-electron chi connectivity index (χ1n) is 5.32. The van der Waals surface area contributed by atoms with Crippen molar-refractivity contribution < 1.29 is 8.42 Å². The monoisotopic (exact) mass is 294 g/mol. The predicted molar refractivity (Wildman–Crippen MR) is 66.8 cm³/mol. The summed E-state index contributed by atoms with van der Waals surface area (Å²) in [6, 6.07) is 1.34. The Balaban J connectivity index is 2.21. The molecule has 1 aromatic heterocycles. The second-order valence-corrected chi connectivity index (χ2v) is 6.53. The molecule has 0 aliphatic heterocycles. The first kappa shape index (κ1) is 13.1. The zero-order chi connectivity index (χ0) is 12.5. The maximum Gasteiger partial charge on any atom is 0.242 e. The molecule has 1 fully saturated rings. The third-order valence-electron chi connectivity index (χ3n) is 2.76. The van der Waals surface area contributed by atoms with Crippen molar-refractivity contribution in [3.63, 3.8) is 0 Å². The lowest BCUT2D eigenvalue weighted by molar-refractivity contribution is 0.552. The van der Waals surface area contributed by atoms with Gasteiger partial charge in [-0.25, -0.2) is 18.1 Å². The van der Waals surface area contributed by atoms with Gasteiger partial charge in [0.05, 0.1) is 5.02 Å². The molecule has 0 aromatic carbocycles. The Morgan fingerprint density at radius 1 is 1.29 bits per heavy atom. The van der Waals surface area contributed by atoms with E-state index in [1.807, 2.05) is 0 Å². The van der Waals surface area contributed by atoms with Gasteiger partial charge in [0.1, 0.15) is 10.0 Å². The number of sulfonamides is 1. The highest BCUT2D eigenvalue weighted by atomic mass is 35.5. The van der Waals surface area contributed by atoms with Crippen molar-refractivity contribution >= 4 is 33.2 Å². The fourth-order valence-corrected chi connectivity index (χ4v) is 3.49. The van der Waals surface area contributed by atoms with Crippen LogP contribution in [0.25, 0.3) is 0 Å². The molecule has 1 saturated carbocycles. The van der Waals surface area contributed by atoms with Crippen LogP contribution in [-0.2, 0) is 10.0 Å². The Morgan fingerprint density at radius 3 is 2.53 bits per heavy atom. The number of halogens is 2. The highest BCUT2D eigenvalue weighted by Gasteiger charge is 2.23. The first-order valence-corrected chi connectivity index (χ1v) is 7.56. The smallest absolute Gasteiger partial charge is 0.242 e. The zero-order valence-corrected chi connectivity index (χ0v) is 11.3. The van der Waals surface area contributed by atoms with Crippen LogP contribution in [0.3, 0.4) is 0 Å². The molecule has 17 heavy (non-hydrogen) atoms. The highest BCUT2D eigenvalue weighted by Crippen LogP contribution is 2.24. The number of rotatable bonds is 3. The molecule has 0 atom stereocenters. The van der Waals surface area contributed by atoms with E-state index >= 15 is 0 Å². The lowest BCUT2D eigenvalue weighted by Gasteiger charge is -2.12. The van der Waals surface area contributed by atoms with E-state index in [-0.39, 0.29) is 21.1 Å². The van der Waals surface area contributed by atoms with Gasteiger partial charge >= 0.3 is 0 Å². The normalized spacial score (nSPS) is 17.5. The van der Waals surface area contributed by atoms with Gasteiger partial charge in [0.15, 0.2) is 0 Å². The first-order chi connectivity index (χ1) is 7.99. The average Bonchev–Trinajstić information content (AvgIpc) is 2.73. The molecule has 1 aromatic rings. The fraction of sp³-hybridized carbons (Fsp3) is 0.500. The van der Waals surface area contributed by atoms with Gasteiger partial charge in [-0.1, -0.05) is 36.0 Å². The largest absolute Gasteiger partial charge is 0.242 e. The molecule has 0 spiro atoms. The molecular weight excluding hydrogens is 283 g/mol. The molecule has 0 radical (unpaired) electrons. The molecule has 0 unspecified atom stereocenters. The number of hydrogen-bond donors (Lipinski definition) is 1. The summed E-state index contributed by atoms with van der Waals surface area (Å²) in [5.74, 6) is 0. The van der Waals surface area contributed by atoms with Gasteiger partial charge in [-0.3, -0.25) is 0 Å². The molecule has 1 aliphatic carbocycles. The van der Waals surface area contributed by atoms with E-state index in [0.29, 0.717) is 0 Å². The summed E-state index contributed by atoms with van der Waals surface area (Å²) < 4.78 is 26.6. The Bertz CT molecular complexity index is 513. The van der Waals surface area contributed by atoms with E-state index in [0.717, 1.165) is 25.7 Å². The van der Waals surface area contributed by atoms with E-state index in [2.05, 4.69) is 9.71 Å². The van der Waals surface area contributed by atoms with Crippen molar-refractivity contribution in [3.8, 4) is 0 Å². The third kappa shape index (κ3) is 3.10. The SMILES string of the molecule is O=S(=O)(NC1CCCC1)c1cnc(Cl)c(Cl)c1. The Hall–Kier alpha value is -0.360. The number of hydrogen-bond acceptors (Lipinski definition) is 3. The molecule has 7 heteroatoms. The van der Waals surface area contributed by atoms with Gasteiger partial charge in [-0.15, -0.1) is 0 Å². The molecule has 1 N–H and O–H groups in total. The maximum absolute atomic E-state index is 12.0. The second kappa shape index (κ2) is 5.10. The van der Waals surface area contributed by atoms with Gasteiger partial charge in [0.25, 0.3) is 0 Å². The van der Waals surface area contributed by atoms with Crippen molar-refractivity contribution in [1.82, 2.24) is 9.71 Å². The predicted octanol–water partition coefficient (Wildman–Crippen LogP) is 2.61. The molecule has 94 valence electrons. The molecule has 1 aliphatic rings. The van der Waals surface area contributed by atoms with Crippen LogP contribution in [0.1, 0.15) is 25.7 Å². The molecule has 4 nitrogen and oxygen atoms in total. The Labute approximate surface area is 110 Å². The van der Waals surface area contributed by atoms with Crippen molar-refractivity contribution in [1.29, 1.82) is 0 Å². The molecule has 0 bridgehead atoms. The Kier molecular flexibility index (Phi) is 3.92. The molecule has 0 amide bonds. The minimum Gasteiger partial charge on any atom is -0.242 e. The molecule has 0 saturated heterocycles. The maximum atomic E-state index is 12.0. The van der Waals surface area contributed by atoms with Crippen molar-refractivity contribution in [2.24, 2.45) is 0 Å². The second-order valence-electron chi connectivity index (χ2n) is 4.05. The highest BCUT2D eigenvalue weighted by molar-refractivity contribution is 7.89. The summed E-state index contributed by atoms with van der Waals surface area (Å²) in [6.07, 6.45) is 5.10. The number of nitrogens with one attached hydrogen (secondary N) is 1. The number of nitrogens with zero attached hydrogens (tertiary/aromatic N) is 1. The fourth-order valence-electron chi connectivity index (χ4n) is 1.88.